The molecule has 0 unspecified atom stereocenters. The van der Waals surface area contributed by atoms with E-state index in [4.69, 9.17) is 9.84 Å². The van der Waals surface area contributed by atoms with Crippen molar-refractivity contribution in [1.82, 2.24) is 0 Å². The Morgan fingerprint density at radius 2 is 1.71 bits per heavy atom. The molecule has 1 N–H and O–H groups in total. The Morgan fingerprint density at radius 1 is 1.12 bits per heavy atom. The summed E-state index contributed by atoms with van der Waals surface area (Å²) in [6, 6.07) is 5.55. The van der Waals surface area contributed by atoms with E-state index in [9.17, 15) is 9.59 Å². The van der Waals surface area contributed by atoms with Gasteiger partial charge in [0, 0.05) is 12.8 Å². The van der Waals surface area contributed by atoms with Crippen LogP contribution in [-0.2, 0) is 9.59 Å². The van der Waals surface area contributed by atoms with Crippen LogP contribution in [0.3, 0.4) is 0 Å². The summed E-state index contributed by atoms with van der Waals surface area (Å²) in [6.45, 7) is 3.85. The smallest absolute Gasteiger partial charge is 0.311 e. The van der Waals surface area contributed by atoms with Crippen LogP contribution in [0.5, 0.6) is 5.75 Å². The highest BCUT2D eigenvalue weighted by Gasteiger charge is 2.07. The first kappa shape index (κ1) is 13.2. The minimum atomic E-state index is -0.899. The van der Waals surface area contributed by atoms with Gasteiger partial charge in [-0.05, 0) is 43.5 Å². The summed E-state index contributed by atoms with van der Waals surface area (Å²) in [4.78, 5) is 21.7. The average Bonchev–Trinajstić information content (AvgIpc) is 2.14. The van der Waals surface area contributed by atoms with Gasteiger partial charge in [-0.3, -0.25) is 9.59 Å². The van der Waals surface area contributed by atoms with E-state index in [0.29, 0.717) is 12.2 Å². The molecule has 0 saturated heterocycles. The lowest BCUT2D eigenvalue weighted by atomic mass is 10.1. The quantitative estimate of drug-likeness (QED) is 0.630. The van der Waals surface area contributed by atoms with Crippen molar-refractivity contribution in [3.63, 3.8) is 0 Å². The lowest BCUT2D eigenvalue weighted by Crippen LogP contribution is -2.08. The van der Waals surface area contributed by atoms with Gasteiger partial charge in [0.05, 0.1) is 0 Å². The number of ether oxygens (including phenoxy) is 1. The molecule has 0 aliphatic heterocycles. The first-order valence-electron chi connectivity index (χ1n) is 5.48. The fourth-order valence-corrected chi connectivity index (χ4v) is 1.56. The van der Waals surface area contributed by atoms with E-state index in [2.05, 4.69) is 0 Å². The van der Waals surface area contributed by atoms with Crippen LogP contribution in [0.1, 0.15) is 30.4 Å². The molecule has 0 amide bonds. The number of esters is 1. The van der Waals surface area contributed by atoms with Gasteiger partial charge >= 0.3 is 11.9 Å². The Labute approximate surface area is 100 Å². The first-order chi connectivity index (χ1) is 7.97. The van der Waals surface area contributed by atoms with Gasteiger partial charge in [-0.15, -0.1) is 0 Å². The van der Waals surface area contributed by atoms with E-state index < -0.39 is 11.9 Å². The van der Waals surface area contributed by atoms with Gasteiger partial charge in [-0.1, -0.05) is 6.07 Å². The normalized spacial score (nSPS) is 10.0. The standard InChI is InChI=1S/C13H16O4/c1-9-6-10(2)8-11(7-9)17-13(16)5-3-4-12(14)15/h6-8H,3-5H2,1-2H3,(H,14,15). The Kier molecular flexibility index (Phi) is 4.69. The van der Waals surface area contributed by atoms with Crippen LogP contribution in [0.2, 0.25) is 0 Å². The van der Waals surface area contributed by atoms with Crippen LogP contribution >= 0.6 is 0 Å². The maximum Gasteiger partial charge on any atom is 0.311 e. The van der Waals surface area contributed by atoms with E-state index in [-0.39, 0.29) is 12.8 Å². The molecule has 92 valence electrons. The molecular formula is C13H16O4. The van der Waals surface area contributed by atoms with Gasteiger partial charge < -0.3 is 9.84 Å². The van der Waals surface area contributed by atoms with Gasteiger partial charge in [0.15, 0.2) is 0 Å². The molecule has 0 heterocycles. The van der Waals surface area contributed by atoms with Gasteiger partial charge in [-0.2, -0.15) is 0 Å². The SMILES string of the molecule is Cc1cc(C)cc(OC(=O)CCCC(=O)O)c1. The summed E-state index contributed by atoms with van der Waals surface area (Å²) in [7, 11) is 0. The maximum absolute atomic E-state index is 11.4. The topological polar surface area (TPSA) is 63.6 Å². The fraction of sp³-hybridized carbons (Fsp3) is 0.385. The second-order valence-electron chi connectivity index (χ2n) is 4.04. The van der Waals surface area contributed by atoms with Crippen LogP contribution < -0.4 is 4.74 Å². The fourth-order valence-electron chi connectivity index (χ4n) is 1.56. The lowest BCUT2D eigenvalue weighted by molar-refractivity contribution is -0.137. The zero-order valence-electron chi connectivity index (χ0n) is 10.0. The highest BCUT2D eigenvalue weighted by atomic mass is 16.5. The van der Waals surface area contributed by atoms with E-state index in [1.165, 1.54) is 0 Å². The zero-order chi connectivity index (χ0) is 12.8. The number of carbonyl (C=O) groups is 2. The van der Waals surface area contributed by atoms with Crippen molar-refractivity contribution >= 4 is 11.9 Å². The van der Waals surface area contributed by atoms with Gasteiger partial charge in [0.25, 0.3) is 0 Å². The van der Waals surface area contributed by atoms with Crippen LogP contribution in [0, 0.1) is 13.8 Å². The van der Waals surface area contributed by atoms with Crippen molar-refractivity contribution in [2.75, 3.05) is 0 Å². The minimum Gasteiger partial charge on any atom is -0.481 e. The molecule has 1 aromatic carbocycles. The van der Waals surface area contributed by atoms with Crippen molar-refractivity contribution in [2.24, 2.45) is 0 Å². The molecule has 4 nitrogen and oxygen atoms in total. The van der Waals surface area contributed by atoms with Crippen LogP contribution in [0.15, 0.2) is 18.2 Å². The molecule has 17 heavy (non-hydrogen) atoms. The molecule has 0 fully saturated rings. The summed E-state index contributed by atoms with van der Waals surface area (Å²) in [5.74, 6) is -0.775. The molecule has 0 saturated carbocycles. The zero-order valence-corrected chi connectivity index (χ0v) is 10.0. The number of benzene rings is 1. The Balaban J connectivity index is 2.47. The van der Waals surface area contributed by atoms with E-state index in [1.807, 2.05) is 19.9 Å². The number of aliphatic carboxylic acids is 1. The molecule has 0 radical (unpaired) electrons. The number of aryl methyl sites for hydroxylation is 2. The third-order valence-electron chi connectivity index (χ3n) is 2.20. The highest BCUT2D eigenvalue weighted by Crippen LogP contribution is 2.17. The number of rotatable bonds is 5. The number of hydrogen-bond donors (Lipinski definition) is 1. The number of carboxylic acids is 1. The second-order valence-corrected chi connectivity index (χ2v) is 4.04. The van der Waals surface area contributed by atoms with E-state index in [1.54, 1.807) is 12.1 Å². The van der Waals surface area contributed by atoms with E-state index in [0.717, 1.165) is 11.1 Å². The minimum absolute atomic E-state index is 0.0120. The van der Waals surface area contributed by atoms with Crippen molar-refractivity contribution in [1.29, 1.82) is 0 Å². The first-order valence-corrected chi connectivity index (χ1v) is 5.48. The largest absolute Gasteiger partial charge is 0.481 e. The number of carboxylic acid groups (broad SMARTS) is 1. The summed E-state index contributed by atoms with van der Waals surface area (Å²) in [5.41, 5.74) is 2.05. The third kappa shape index (κ3) is 5.15. The van der Waals surface area contributed by atoms with Crippen LogP contribution in [0.25, 0.3) is 0 Å². The Hall–Kier alpha value is -1.84. The number of carbonyl (C=O) groups excluding carboxylic acids is 1. The molecule has 1 rings (SSSR count). The van der Waals surface area contributed by atoms with Gasteiger partial charge in [0.2, 0.25) is 0 Å². The van der Waals surface area contributed by atoms with Gasteiger partial charge in [-0.25, -0.2) is 0 Å². The summed E-state index contributed by atoms with van der Waals surface area (Å²) >= 11 is 0. The molecule has 0 aromatic heterocycles. The average molecular weight is 236 g/mol. The third-order valence-corrected chi connectivity index (χ3v) is 2.20. The summed E-state index contributed by atoms with van der Waals surface area (Å²) in [6.07, 6.45) is 0.417. The lowest BCUT2D eigenvalue weighted by Gasteiger charge is -2.06. The van der Waals surface area contributed by atoms with Gasteiger partial charge in [0.1, 0.15) is 5.75 Å². The summed E-state index contributed by atoms with van der Waals surface area (Å²) in [5, 5.41) is 8.44. The molecule has 0 bridgehead atoms. The Morgan fingerprint density at radius 3 is 2.24 bits per heavy atom. The summed E-state index contributed by atoms with van der Waals surface area (Å²) < 4.78 is 5.13. The molecule has 0 spiro atoms. The molecule has 4 heteroatoms. The van der Waals surface area contributed by atoms with Crippen LogP contribution in [-0.4, -0.2) is 17.0 Å². The maximum atomic E-state index is 11.4. The van der Waals surface area contributed by atoms with Crippen molar-refractivity contribution in [2.45, 2.75) is 33.1 Å². The molecule has 0 atom stereocenters. The van der Waals surface area contributed by atoms with E-state index >= 15 is 0 Å². The molecule has 1 aromatic rings. The number of hydrogen-bond acceptors (Lipinski definition) is 3. The highest BCUT2D eigenvalue weighted by molar-refractivity contribution is 5.73. The van der Waals surface area contributed by atoms with Crippen molar-refractivity contribution < 1.29 is 19.4 Å². The predicted octanol–water partition coefficient (Wildman–Crippen LogP) is 2.46. The Bertz CT molecular complexity index is 403. The predicted molar refractivity (Wildman–Crippen MR) is 63.0 cm³/mol. The second kappa shape index (κ2) is 6.03. The molecule has 0 aliphatic carbocycles. The van der Waals surface area contributed by atoms with Crippen molar-refractivity contribution in [3.05, 3.63) is 29.3 Å². The monoisotopic (exact) mass is 236 g/mol. The molecule has 0 aliphatic rings. The van der Waals surface area contributed by atoms with Crippen LogP contribution in [0.4, 0.5) is 0 Å². The molecular weight excluding hydrogens is 220 g/mol. The van der Waals surface area contributed by atoms with Crippen molar-refractivity contribution in [3.8, 4) is 5.75 Å².